The van der Waals surface area contributed by atoms with Gasteiger partial charge in [0.1, 0.15) is 11.2 Å². The fraction of sp³-hybridized carbons (Fsp3) is 0. The molecule has 0 radical (unpaired) electrons. The molecule has 0 bridgehead atoms. The van der Waals surface area contributed by atoms with Gasteiger partial charge in [-0.05, 0) is 82.9 Å². The first kappa shape index (κ1) is 26.0. The lowest BCUT2D eigenvalue weighted by atomic mass is 10.0. The molecule has 0 spiro atoms. The van der Waals surface area contributed by atoms with Crippen LogP contribution >= 0.6 is 0 Å². The molecule has 0 unspecified atom stereocenters. The van der Waals surface area contributed by atoms with Gasteiger partial charge in [0.15, 0.2) is 0 Å². The number of para-hydroxylation sites is 2. The Morgan fingerprint density at radius 2 is 1.02 bits per heavy atom. The van der Waals surface area contributed by atoms with E-state index in [2.05, 4.69) is 179 Å². The molecule has 0 saturated carbocycles. The molecule has 3 heteroatoms. The molecule has 0 N–H and O–H groups in total. The Labute approximate surface area is 271 Å². The number of anilines is 3. The van der Waals surface area contributed by atoms with Gasteiger partial charge in [-0.15, -0.1) is 0 Å². The molecule has 3 nitrogen and oxygen atoms in total. The number of hydrogen-bond donors (Lipinski definition) is 0. The molecular weight excluding hydrogens is 572 g/mol. The Morgan fingerprint density at radius 1 is 0.404 bits per heavy atom. The summed E-state index contributed by atoms with van der Waals surface area (Å²) in [6.07, 6.45) is 0. The monoisotopic (exact) mass is 600 g/mol. The van der Waals surface area contributed by atoms with Gasteiger partial charge >= 0.3 is 0 Å². The Kier molecular flexibility index (Phi) is 5.57. The van der Waals surface area contributed by atoms with Crippen molar-refractivity contribution < 1.29 is 4.42 Å². The van der Waals surface area contributed by atoms with Gasteiger partial charge in [-0.2, -0.15) is 0 Å². The second-order valence-electron chi connectivity index (χ2n) is 12.2. The lowest BCUT2D eigenvalue weighted by Crippen LogP contribution is -2.09. The van der Waals surface area contributed by atoms with E-state index in [4.69, 9.17) is 4.42 Å². The van der Waals surface area contributed by atoms with Crippen LogP contribution in [-0.4, -0.2) is 4.57 Å². The van der Waals surface area contributed by atoms with Gasteiger partial charge in [0.25, 0.3) is 0 Å². The van der Waals surface area contributed by atoms with Crippen molar-refractivity contribution in [3.8, 4) is 5.69 Å². The van der Waals surface area contributed by atoms with Crippen molar-refractivity contribution in [2.24, 2.45) is 0 Å². The van der Waals surface area contributed by atoms with Crippen LogP contribution in [0.3, 0.4) is 0 Å². The van der Waals surface area contributed by atoms with Gasteiger partial charge in [0.05, 0.1) is 11.0 Å². The molecule has 2 heterocycles. The van der Waals surface area contributed by atoms with Crippen molar-refractivity contribution in [3.05, 3.63) is 170 Å². The first-order valence-corrected chi connectivity index (χ1v) is 16.0. The van der Waals surface area contributed by atoms with E-state index in [1.807, 2.05) is 0 Å². The fourth-order valence-corrected chi connectivity index (χ4v) is 7.45. The lowest BCUT2D eigenvalue weighted by molar-refractivity contribution is 0.669. The highest BCUT2D eigenvalue weighted by Crippen LogP contribution is 2.43. The summed E-state index contributed by atoms with van der Waals surface area (Å²) in [4.78, 5) is 2.36. The van der Waals surface area contributed by atoms with Gasteiger partial charge in [-0.1, -0.05) is 103 Å². The number of hydrogen-bond acceptors (Lipinski definition) is 2. The smallest absolute Gasteiger partial charge is 0.136 e. The van der Waals surface area contributed by atoms with Crippen molar-refractivity contribution in [1.82, 2.24) is 4.57 Å². The van der Waals surface area contributed by atoms with Crippen LogP contribution in [0.15, 0.2) is 174 Å². The van der Waals surface area contributed by atoms with Crippen LogP contribution < -0.4 is 4.90 Å². The van der Waals surface area contributed by atoms with Crippen LogP contribution in [0.5, 0.6) is 0 Å². The van der Waals surface area contributed by atoms with Gasteiger partial charge in [-0.25, -0.2) is 0 Å². The van der Waals surface area contributed by atoms with Crippen molar-refractivity contribution in [3.63, 3.8) is 0 Å². The number of benzene rings is 8. The molecule has 0 amide bonds. The minimum Gasteiger partial charge on any atom is -0.456 e. The summed E-state index contributed by atoms with van der Waals surface area (Å²) < 4.78 is 8.79. The minimum absolute atomic E-state index is 0.890. The van der Waals surface area contributed by atoms with Gasteiger partial charge in [-0.3, -0.25) is 0 Å². The van der Waals surface area contributed by atoms with Crippen LogP contribution in [0.25, 0.3) is 71.0 Å². The molecule has 8 aromatic carbocycles. The highest BCUT2D eigenvalue weighted by molar-refractivity contribution is 6.20. The van der Waals surface area contributed by atoms with E-state index in [0.717, 1.165) is 44.7 Å². The molecule has 0 atom stereocenters. The standard InChI is InChI=1S/C44H28N2O/c1-3-13-31(14-4-1)45(34-22-26-41-39(28-34)43-35-17-9-7-11-29(35)20-25-42(43)47-41)33-21-24-40-38(27-33)37-23-19-30-12-8-10-18-36(30)44(37)46(40)32-15-5-2-6-16-32/h1-28H. The minimum atomic E-state index is 0.890. The first-order valence-electron chi connectivity index (χ1n) is 16.0. The molecule has 47 heavy (non-hydrogen) atoms. The maximum absolute atomic E-state index is 6.37. The quantitative estimate of drug-likeness (QED) is 0.200. The molecule has 0 fully saturated rings. The summed E-state index contributed by atoms with van der Waals surface area (Å²) >= 11 is 0. The van der Waals surface area contributed by atoms with Crippen molar-refractivity contribution in [2.75, 3.05) is 4.90 Å². The topological polar surface area (TPSA) is 21.3 Å². The van der Waals surface area contributed by atoms with Gasteiger partial charge in [0.2, 0.25) is 0 Å². The second-order valence-corrected chi connectivity index (χ2v) is 12.2. The second kappa shape index (κ2) is 10.1. The number of rotatable bonds is 4. The zero-order chi connectivity index (χ0) is 30.9. The first-order chi connectivity index (χ1) is 23.3. The van der Waals surface area contributed by atoms with Crippen LogP contribution in [-0.2, 0) is 0 Å². The molecule has 2 aromatic heterocycles. The van der Waals surface area contributed by atoms with E-state index < -0.39 is 0 Å². The van der Waals surface area contributed by atoms with Gasteiger partial charge in [0, 0.05) is 49.7 Å². The van der Waals surface area contributed by atoms with E-state index in [0.29, 0.717) is 0 Å². The summed E-state index contributed by atoms with van der Waals surface area (Å²) in [5, 5.41) is 9.62. The number of nitrogens with zero attached hydrogens (tertiary/aromatic N) is 2. The maximum Gasteiger partial charge on any atom is 0.136 e. The van der Waals surface area contributed by atoms with Crippen LogP contribution in [0.4, 0.5) is 17.1 Å². The van der Waals surface area contributed by atoms with E-state index >= 15 is 0 Å². The van der Waals surface area contributed by atoms with Crippen molar-refractivity contribution >= 4 is 82.4 Å². The molecule has 10 rings (SSSR count). The molecule has 10 aromatic rings. The third-order valence-corrected chi connectivity index (χ3v) is 9.52. The fourth-order valence-electron chi connectivity index (χ4n) is 7.45. The third-order valence-electron chi connectivity index (χ3n) is 9.52. The zero-order valence-electron chi connectivity index (χ0n) is 25.5. The summed E-state index contributed by atoms with van der Waals surface area (Å²) in [5.41, 5.74) is 8.64. The predicted octanol–water partition coefficient (Wildman–Crippen LogP) is 12.5. The number of furan rings is 1. The summed E-state index contributed by atoms with van der Waals surface area (Å²) in [6.45, 7) is 0. The summed E-state index contributed by atoms with van der Waals surface area (Å²) in [6, 6.07) is 60.8. The highest BCUT2D eigenvalue weighted by Gasteiger charge is 2.20. The van der Waals surface area contributed by atoms with E-state index in [1.165, 1.54) is 43.4 Å². The largest absolute Gasteiger partial charge is 0.456 e. The van der Waals surface area contributed by atoms with Crippen molar-refractivity contribution in [2.45, 2.75) is 0 Å². The Hall–Kier alpha value is -6.32. The maximum atomic E-state index is 6.37. The van der Waals surface area contributed by atoms with Gasteiger partial charge < -0.3 is 13.9 Å². The average molecular weight is 601 g/mol. The summed E-state index contributed by atoms with van der Waals surface area (Å²) in [7, 11) is 0. The third kappa shape index (κ3) is 3.93. The normalized spacial score (nSPS) is 11.8. The van der Waals surface area contributed by atoms with E-state index in [9.17, 15) is 0 Å². The van der Waals surface area contributed by atoms with Crippen molar-refractivity contribution in [1.29, 1.82) is 0 Å². The SMILES string of the molecule is c1ccc(N(c2ccc3oc4ccc5ccccc5c4c3c2)c2ccc3c(c2)c2ccc4ccccc4c2n3-c2ccccc2)cc1. The zero-order valence-corrected chi connectivity index (χ0v) is 25.5. The van der Waals surface area contributed by atoms with E-state index in [-0.39, 0.29) is 0 Å². The van der Waals surface area contributed by atoms with Crippen LogP contribution in [0, 0.1) is 0 Å². The Balaban J connectivity index is 1.25. The Morgan fingerprint density at radius 3 is 1.83 bits per heavy atom. The molecule has 0 aliphatic rings. The Bertz CT molecular complexity index is 2790. The molecule has 0 aliphatic heterocycles. The number of aromatic nitrogens is 1. The molecular formula is C44H28N2O. The van der Waals surface area contributed by atoms with E-state index in [1.54, 1.807) is 0 Å². The molecule has 0 aliphatic carbocycles. The highest BCUT2D eigenvalue weighted by atomic mass is 16.3. The number of fused-ring (bicyclic) bond motifs is 10. The van der Waals surface area contributed by atoms with Crippen LogP contribution in [0.2, 0.25) is 0 Å². The lowest BCUT2D eigenvalue weighted by Gasteiger charge is -2.25. The van der Waals surface area contributed by atoms with Crippen LogP contribution in [0.1, 0.15) is 0 Å². The molecule has 220 valence electrons. The average Bonchev–Trinajstić information content (AvgIpc) is 3.68. The predicted molar refractivity (Wildman–Crippen MR) is 198 cm³/mol. The molecule has 0 saturated heterocycles. The summed E-state index contributed by atoms with van der Waals surface area (Å²) in [5.74, 6) is 0.